The van der Waals surface area contributed by atoms with Crippen LogP contribution in [0, 0.1) is 0 Å². The predicted molar refractivity (Wildman–Crippen MR) is 39.8 cm³/mol. The van der Waals surface area contributed by atoms with Crippen molar-refractivity contribution in [3.05, 3.63) is 0 Å². The predicted octanol–water partition coefficient (Wildman–Crippen LogP) is 0.979. The van der Waals surface area contributed by atoms with Crippen molar-refractivity contribution in [2.24, 2.45) is 5.73 Å². The molecule has 0 spiro atoms. The van der Waals surface area contributed by atoms with Crippen LogP contribution in [0.1, 0.15) is 32.6 Å². The number of hydrogen-bond donors (Lipinski definition) is 2. The first-order valence-electron chi connectivity index (χ1n) is 3.49. The van der Waals surface area contributed by atoms with Crippen molar-refractivity contribution in [3.8, 4) is 0 Å². The number of nitrogens with two attached hydrogens (primary N) is 1. The van der Waals surface area contributed by atoms with Gasteiger partial charge in [-0.2, -0.15) is 0 Å². The molecule has 60 valence electrons. The SMILES string of the molecule is CC1(N)CCCC1.O=CO. The molecule has 1 aliphatic carbocycles. The highest BCUT2D eigenvalue weighted by Gasteiger charge is 2.22. The molecule has 3 nitrogen and oxygen atoms in total. The molecule has 1 aliphatic rings. The zero-order chi connectivity index (χ0) is 8.04. The average molecular weight is 145 g/mol. The van der Waals surface area contributed by atoms with E-state index in [2.05, 4.69) is 6.92 Å². The van der Waals surface area contributed by atoms with Gasteiger partial charge in [0.1, 0.15) is 0 Å². The van der Waals surface area contributed by atoms with E-state index in [0.29, 0.717) is 0 Å². The number of carbonyl (C=O) groups is 1. The summed E-state index contributed by atoms with van der Waals surface area (Å²) in [6.45, 7) is 1.89. The van der Waals surface area contributed by atoms with Crippen LogP contribution >= 0.6 is 0 Å². The lowest BCUT2D eigenvalue weighted by atomic mass is 10.0. The molecule has 0 atom stereocenters. The van der Waals surface area contributed by atoms with Crippen molar-refractivity contribution >= 4 is 6.47 Å². The lowest BCUT2D eigenvalue weighted by molar-refractivity contribution is -0.122. The Morgan fingerprint density at radius 1 is 1.50 bits per heavy atom. The molecule has 1 rings (SSSR count). The number of hydrogen-bond acceptors (Lipinski definition) is 2. The summed E-state index contributed by atoms with van der Waals surface area (Å²) in [5.74, 6) is 0. The van der Waals surface area contributed by atoms with Gasteiger partial charge in [0.05, 0.1) is 0 Å². The maximum Gasteiger partial charge on any atom is 0.290 e. The maximum absolute atomic E-state index is 8.36. The molecule has 0 heterocycles. The van der Waals surface area contributed by atoms with Crippen LogP contribution in [0.25, 0.3) is 0 Å². The largest absolute Gasteiger partial charge is 0.483 e. The molecule has 0 radical (unpaired) electrons. The van der Waals surface area contributed by atoms with Gasteiger partial charge in [0.2, 0.25) is 0 Å². The minimum Gasteiger partial charge on any atom is -0.483 e. The smallest absolute Gasteiger partial charge is 0.290 e. The molecule has 1 saturated carbocycles. The van der Waals surface area contributed by atoms with Gasteiger partial charge in [-0.15, -0.1) is 0 Å². The van der Waals surface area contributed by atoms with E-state index in [1.54, 1.807) is 0 Å². The van der Waals surface area contributed by atoms with Crippen molar-refractivity contribution in [1.82, 2.24) is 0 Å². The van der Waals surface area contributed by atoms with Gasteiger partial charge in [0.25, 0.3) is 6.47 Å². The monoisotopic (exact) mass is 145 g/mol. The fourth-order valence-electron chi connectivity index (χ4n) is 1.18. The molecule has 3 N–H and O–H groups in total. The quantitative estimate of drug-likeness (QED) is 0.499. The molecule has 0 aromatic rings. The van der Waals surface area contributed by atoms with Crippen LogP contribution in [0.2, 0.25) is 0 Å². The normalized spacial score (nSPS) is 21.0. The minimum absolute atomic E-state index is 0.194. The van der Waals surface area contributed by atoms with Crippen LogP contribution in [0.3, 0.4) is 0 Å². The van der Waals surface area contributed by atoms with E-state index in [1.165, 1.54) is 25.7 Å². The highest BCUT2D eigenvalue weighted by Crippen LogP contribution is 2.25. The van der Waals surface area contributed by atoms with Gasteiger partial charge in [-0.1, -0.05) is 12.8 Å². The van der Waals surface area contributed by atoms with Crippen molar-refractivity contribution in [1.29, 1.82) is 0 Å². The topological polar surface area (TPSA) is 63.3 Å². The van der Waals surface area contributed by atoms with Crippen LogP contribution < -0.4 is 5.73 Å². The summed E-state index contributed by atoms with van der Waals surface area (Å²) in [4.78, 5) is 8.36. The van der Waals surface area contributed by atoms with E-state index in [4.69, 9.17) is 15.6 Å². The van der Waals surface area contributed by atoms with Gasteiger partial charge in [0.15, 0.2) is 0 Å². The first kappa shape index (κ1) is 9.43. The van der Waals surface area contributed by atoms with E-state index >= 15 is 0 Å². The first-order chi connectivity index (χ1) is 4.62. The molecule has 3 heteroatoms. The Balaban J connectivity index is 0.000000236. The molecule has 1 fully saturated rings. The van der Waals surface area contributed by atoms with Gasteiger partial charge >= 0.3 is 0 Å². The van der Waals surface area contributed by atoms with Gasteiger partial charge < -0.3 is 10.8 Å². The highest BCUT2D eigenvalue weighted by atomic mass is 16.3. The first-order valence-corrected chi connectivity index (χ1v) is 3.49. The molecule has 10 heavy (non-hydrogen) atoms. The molecule has 0 aliphatic heterocycles. The molecular formula is C7H15NO2. The van der Waals surface area contributed by atoms with Gasteiger partial charge in [-0.3, -0.25) is 4.79 Å². The molecule has 0 amide bonds. The van der Waals surface area contributed by atoms with E-state index in [9.17, 15) is 0 Å². The van der Waals surface area contributed by atoms with Crippen molar-refractivity contribution in [3.63, 3.8) is 0 Å². The Labute approximate surface area is 61.2 Å². The molecule has 0 aromatic heterocycles. The van der Waals surface area contributed by atoms with Crippen LogP contribution in [0.15, 0.2) is 0 Å². The summed E-state index contributed by atoms with van der Waals surface area (Å²) in [7, 11) is 0. The summed E-state index contributed by atoms with van der Waals surface area (Å²) < 4.78 is 0. The van der Waals surface area contributed by atoms with Crippen molar-refractivity contribution < 1.29 is 9.90 Å². The van der Waals surface area contributed by atoms with Crippen LogP contribution in [-0.2, 0) is 4.79 Å². The van der Waals surface area contributed by atoms with E-state index < -0.39 is 0 Å². The number of carboxylic acid groups (broad SMARTS) is 1. The van der Waals surface area contributed by atoms with E-state index in [-0.39, 0.29) is 12.0 Å². The Kier molecular flexibility index (Phi) is 4.03. The van der Waals surface area contributed by atoms with Crippen molar-refractivity contribution in [2.45, 2.75) is 38.1 Å². The fraction of sp³-hybridized carbons (Fsp3) is 0.857. The summed E-state index contributed by atoms with van der Waals surface area (Å²) in [5.41, 5.74) is 5.97. The van der Waals surface area contributed by atoms with Gasteiger partial charge in [-0.25, -0.2) is 0 Å². The minimum atomic E-state index is -0.250. The van der Waals surface area contributed by atoms with Crippen LogP contribution in [-0.4, -0.2) is 17.1 Å². The standard InChI is InChI=1S/C6H13N.CH2O2/c1-6(7)4-2-3-5-6;2-1-3/h2-5,7H2,1H3;1H,(H,2,3). The van der Waals surface area contributed by atoms with Gasteiger partial charge in [-0.05, 0) is 19.8 Å². The Bertz CT molecular complexity index is 93.8. The van der Waals surface area contributed by atoms with Gasteiger partial charge in [0, 0.05) is 5.54 Å². The third-order valence-corrected chi connectivity index (χ3v) is 1.75. The molecule has 0 aromatic carbocycles. The maximum atomic E-state index is 8.36. The Morgan fingerprint density at radius 3 is 1.90 bits per heavy atom. The third kappa shape index (κ3) is 4.32. The lowest BCUT2D eigenvalue weighted by Gasteiger charge is -2.14. The molecule has 0 unspecified atom stereocenters. The Morgan fingerprint density at radius 2 is 1.80 bits per heavy atom. The summed E-state index contributed by atoms with van der Waals surface area (Å²) in [6.07, 6.45) is 5.14. The second-order valence-corrected chi connectivity index (χ2v) is 2.97. The summed E-state index contributed by atoms with van der Waals surface area (Å²) >= 11 is 0. The average Bonchev–Trinajstić information content (AvgIpc) is 2.16. The number of rotatable bonds is 0. The zero-order valence-electron chi connectivity index (χ0n) is 6.34. The Hall–Kier alpha value is -0.570. The zero-order valence-corrected chi connectivity index (χ0v) is 6.34. The summed E-state index contributed by atoms with van der Waals surface area (Å²) in [5, 5.41) is 6.89. The lowest BCUT2D eigenvalue weighted by Crippen LogP contribution is -2.31. The third-order valence-electron chi connectivity index (χ3n) is 1.75. The van der Waals surface area contributed by atoms with Crippen LogP contribution in [0.5, 0.6) is 0 Å². The fourth-order valence-corrected chi connectivity index (χ4v) is 1.18. The van der Waals surface area contributed by atoms with E-state index in [0.717, 1.165) is 0 Å². The second-order valence-electron chi connectivity index (χ2n) is 2.97. The highest BCUT2D eigenvalue weighted by molar-refractivity contribution is 5.32. The summed E-state index contributed by atoms with van der Waals surface area (Å²) in [6, 6.07) is 0. The molecule has 0 saturated heterocycles. The van der Waals surface area contributed by atoms with Crippen molar-refractivity contribution in [2.75, 3.05) is 0 Å². The second kappa shape index (κ2) is 4.28. The van der Waals surface area contributed by atoms with E-state index in [1.807, 2.05) is 0 Å². The molecular weight excluding hydrogens is 130 g/mol. The molecule has 0 bridgehead atoms. The van der Waals surface area contributed by atoms with Crippen LogP contribution in [0.4, 0.5) is 0 Å².